The Morgan fingerprint density at radius 3 is 2.18 bits per heavy atom. The number of hydrogen-bond acceptors (Lipinski definition) is 2. The first-order chi connectivity index (χ1) is 5.18. The Kier molecular flexibility index (Phi) is 6.57. The Bertz CT molecular complexity index is 81.6. The largest absolute Gasteiger partial charge is 0.396 e. The molecule has 0 aromatic rings. The molecule has 0 heterocycles. The molecule has 0 saturated carbocycles. The van der Waals surface area contributed by atoms with Crippen LogP contribution in [0.3, 0.4) is 0 Å². The van der Waals surface area contributed by atoms with E-state index in [2.05, 4.69) is 6.92 Å². The van der Waals surface area contributed by atoms with Crippen molar-refractivity contribution in [1.29, 1.82) is 0 Å². The summed E-state index contributed by atoms with van der Waals surface area (Å²) >= 11 is 0. The van der Waals surface area contributed by atoms with Crippen LogP contribution in [-0.4, -0.2) is 22.9 Å². The molecule has 0 aromatic heterocycles. The second-order valence-corrected chi connectivity index (χ2v) is 3.29. The van der Waals surface area contributed by atoms with Crippen LogP contribution < -0.4 is 0 Å². The van der Waals surface area contributed by atoms with Crippen LogP contribution in [-0.2, 0) is 0 Å². The molecule has 0 aliphatic carbocycles. The molecule has 0 radical (unpaired) electrons. The molecule has 0 saturated heterocycles. The zero-order valence-electron chi connectivity index (χ0n) is 7.58. The van der Waals surface area contributed by atoms with Crippen molar-refractivity contribution in [2.24, 2.45) is 5.92 Å². The molecular weight excluding hydrogens is 140 g/mol. The second-order valence-electron chi connectivity index (χ2n) is 3.29. The summed E-state index contributed by atoms with van der Waals surface area (Å²) in [5.74, 6) is 0.397. The van der Waals surface area contributed by atoms with Crippen LogP contribution in [0.4, 0.5) is 0 Å². The smallest absolute Gasteiger partial charge is 0.0537 e. The third kappa shape index (κ3) is 6.32. The maximum atomic E-state index is 9.13. The average molecular weight is 160 g/mol. The van der Waals surface area contributed by atoms with Crippen molar-refractivity contribution in [2.45, 2.75) is 45.6 Å². The van der Waals surface area contributed by atoms with Gasteiger partial charge in [0.1, 0.15) is 0 Å². The summed E-state index contributed by atoms with van der Waals surface area (Å²) < 4.78 is 0. The highest BCUT2D eigenvalue weighted by Crippen LogP contribution is 2.12. The fourth-order valence-corrected chi connectivity index (χ4v) is 0.996. The maximum absolute atomic E-state index is 9.13. The Balaban J connectivity index is 3.10. The summed E-state index contributed by atoms with van der Waals surface area (Å²) in [5.41, 5.74) is 0. The molecule has 0 aliphatic rings. The first kappa shape index (κ1) is 10.9. The first-order valence-electron chi connectivity index (χ1n) is 4.47. The number of aliphatic hydroxyl groups excluding tert-OH is 2. The molecule has 0 aromatic carbocycles. The van der Waals surface area contributed by atoms with Crippen LogP contribution in [0.15, 0.2) is 0 Å². The zero-order chi connectivity index (χ0) is 8.69. The van der Waals surface area contributed by atoms with Gasteiger partial charge in [0.15, 0.2) is 0 Å². The minimum absolute atomic E-state index is 0.191. The van der Waals surface area contributed by atoms with E-state index in [1.807, 2.05) is 6.92 Å². The molecule has 0 amide bonds. The lowest BCUT2D eigenvalue weighted by Gasteiger charge is -2.13. The van der Waals surface area contributed by atoms with E-state index in [1.165, 1.54) is 0 Å². The van der Waals surface area contributed by atoms with Crippen LogP contribution in [0, 0.1) is 5.92 Å². The summed E-state index contributed by atoms with van der Waals surface area (Å²) in [5, 5.41) is 17.6. The van der Waals surface area contributed by atoms with Crippen LogP contribution in [0.2, 0.25) is 0 Å². The Morgan fingerprint density at radius 1 is 1.09 bits per heavy atom. The molecule has 0 rings (SSSR count). The van der Waals surface area contributed by atoms with Gasteiger partial charge in [-0.1, -0.05) is 19.8 Å². The van der Waals surface area contributed by atoms with Gasteiger partial charge in [0, 0.05) is 6.61 Å². The second kappa shape index (κ2) is 6.62. The minimum Gasteiger partial charge on any atom is -0.396 e. The zero-order valence-corrected chi connectivity index (χ0v) is 7.58. The number of rotatable bonds is 6. The van der Waals surface area contributed by atoms with Gasteiger partial charge in [-0.25, -0.2) is 0 Å². The highest BCUT2D eigenvalue weighted by atomic mass is 16.3. The topological polar surface area (TPSA) is 40.5 Å². The third-order valence-electron chi connectivity index (χ3n) is 2.14. The van der Waals surface area contributed by atoms with E-state index in [0.29, 0.717) is 12.5 Å². The number of unbranched alkanes of at least 4 members (excludes halogenated alkanes) is 2. The first-order valence-corrected chi connectivity index (χ1v) is 4.47. The Morgan fingerprint density at radius 2 is 1.73 bits per heavy atom. The van der Waals surface area contributed by atoms with Crippen LogP contribution >= 0.6 is 0 Å². The molecule has 0 bridgehead atoms. The number of aliphatic hydroxyl groups is 2. The third-order valence-corrected chi connectivity index (χ3v) is 2.14. The molecule has 0 fully saturated rings. The maximum Gasteiger partial charge on any atom is 0.0537 e. The molecule has 0 spiro atoms. The van der Waals surface area contributed by atoms with Crippen LogP contribution in [0.1, 0.15) is 39.5 Å². The van der Waals surface area contributed by atoms with Gasteiger partial charge < -0.3 is 10.2 Å². The van der Waals surface area contributed by atoms with Gasteiger partial charge in [-0.3, -0.25) is 0 Å². The van der Waals surface area contributed by atoms with E-state index in [4.69, 9.17) is 10.2 Å². The van der Waals surface area contributed by atoms with Crippen molar-refractivity contribution in [3.63, 3.8) is 0 Å². The highest BCUT2D eigenvalue weighted by Gasteiger charge is 2.06. The van der Waals surface area contributed by atoms with E-state index >= 15 is 0 Å². The van der Waals surface area contributed by atoms with Crippen molar-refractivity contribution < 1.29 is 10.2 Å². The van der Waals surface area contributed by atoms with Crippen molar-refractivity contribution in [3.8, 4) is 0 Å². The Hall–Kier alpha value is -0.0800. The van der Waals surface area contributed by atoms with E-state index in [0.717, 1.165) is 25.7 Å². The predicted octanol–water partition coefficient (Wildman–Crippen LogP) is 1.56. The van der Waals surface area contributed by atoms with Gasteiger partial charge in [-0.15, -0.1) is 0 Å². The van der Waals surface area contributed by atoms with Gasteiger partial charge in [-0.2, -0.15) is 0 Å². The van der Waals surface area contributed by atoms with Crippen LogP contribution in [0.5, 0.6) is 0 Å². The summed E-state index contributed by atoms with van der Waals surface area (Å²) in [6.07, 6.45) is 3.97. The monoisotopic (exact) mass is 160 g/mol. The molecule has 2 N–H and O–H groups in total. The minimum atomic E-state index is -0.191. The van der Waals surface area contributed by atoms with Crippen LogP contribution in [0.25, 0.3) is 0 Å². The predicted molar refractivity (Wildman–Crippen MR) is 46.4 cm³/mol. The summed E-state index contributed by atoms with van der Waals surface area (Å²) in [7, 11) is 0. The lowest BCUT2D eigenvalue weighted by molar-refractivity contribution is 0.128. The highest BCUT2D eigenvalue weighted by molar-refractivity contribution is 4.58. The summed E-state index contributed by atoms with van der Waals surface area (Å²) in [6, 6.07) is 0. The van der Waals surface area contributed by atoms with E-state index in [1.54, 1.807) is 0 Å². The van der Waals surface area contributed by atoms with Crippen molar-refractivity contribution in [2.75, 3.05) is 6.61 Å². The SMILES string of the molecule is CC(O)C(C)CCCCCO. The molecule has 2 heteroatoms. The van der Waals surface area contributed by atoms with E-state index in [9.17, 15) is 0 Å². The van der Waals surface area contributed by atoms with Gasteiger partial charge in [-0.05, 0) is 25.7 Å². The lowest BCUT2D eigenvalue weighted by atomic mass is 9.99. The molecule has 2 atom stereocenters. The van der Waals surface area contributed by atoms with Crippen molar-refractivity contribution in [1.82, 2.24) is 0 Å². The molecule has 2 nitrogen and oxygen atoms in total. The summed E-state index contributed by atoms with van der Waals surface area (Å²) in [6.45, 7) is 4.18. The van der Waals surface area contributed by atoms with E-state index in [-0.39, 0.29) is 6.10 Å². The Labute approximate surface area is 69.2 Å². The van der Waals surface area contributed by atoms with Gasteiger partial charge in [0.05, 0.1) is 6.10 Å². The molecular formula is C9H20O2. The lowest BCUT2D eigenvalue weighted by Crippen LogP contribution is -2.12. The standard InChI is InChI=1S/C9H20O2/c1-8(9(2)11)6-4-3-5-7-10/h8-11H,3-7H2,1-2H3. The molecule has 68 valence electrons. The van der Waals surface area contributed by atoms with Crippen molar-refractivity contribution in [3.05, 3.63) is 0 Å². The quantitative estimate of drug-likeness (QED) is 0.579. The molecule has 0 aliphatic heterocycles. The fraction of sp³-hybridized carbons (Fsp3) is 1.00. The van der Waals surface area contributed by atoms with Gasteiger partial charge >= 0.3 is 0 Å². The summed E-state index contributed by atoms with van der Waals surface area (Å²) in [4.78, 5) is 0. The van der Waals surface area contributed by atoms with E-state index < -0.39 is 0 Å². The number of hydrogen-bond donors (Lipinski definition) is 2. The fourth-order valence-electron chi connectivity index (χ4n) is 0.996. The molecule has 2 unspecified atom stereocenters. The van der Waals surface area contributed by atoms with Gasteiger partial charge in [0.25, 0.3) is 0 Å². The van der Waals surface area contributed by atoms with Gasteiger partial charge in [0.2, 0.25) is 0 Å². The average Bonchev–Trinajstić information content (AvgIpc) is 1.97. The van der Waals surface area contributed by atoms with Crippen molar-refractivity contribution >= 4 is 0 Å². The normalized spacial score (nSPS) is 16.4. The molecule has 11 heavy (non-hydrogen) atoms.